The smallest absolute Gasteiger partial charge is 0.422 e. The van der Waals surface area contributed by atoms with Crippen LogP contribution in [0.2, 0.25) is 0 Å². The molecule has 1 aromatic carbocycles. The first-order valence-electron chi connectivity index (χ1n) is 5.49. The van der Waals surface area contributed by atoms with E-state index >= 15 is 0 Å². The van der Waals surface area contributed by atoms with E-state index in [1.807, 2.05) is 5.32 Å². The number of carbonyl (C=O) groups excluding carboxylic acids is 1. The fourth-order valence-corrected chi connectivity index (χ4v) is 1.34. The molecule has 1 atom stereocenters. The SMILES string of the molecule is CCOC(=O)C(C)(Nc1ccccc1F)C(F)(F)F. The van der Waals surface area contributed by atoms with Crippen molar-refractivity contribution in [2.45, 2.75) is 25.6 Å². The normalized spacial score (nSPS) is 14.6. The first-order chi connectivity index (χ1) is 8.72. The fourth-order valence-electron chi connectivity index (χ4n) is 1.34. The highest BCUT2D eigenvalue weighted by Gasteiger charge is 2.58. The van der Waals surface area contributed by atoms with Crippen molar-refractivity contribution in [2.75, 3.05) is 11.9 Å². The zero-order valence-corrected chi connectivity index (χ0v) is 10.3. The van der Waals surface area contributed by atoms with Gasteiger partial charge in [-0.1, -0.05) is 12.1 Å². The van der Waals surface area contributed by atoms with Gasteiger partial charge in [0, 0.05) is 0 Å². The largest absolute Gasteiger partial charge is 0.464 e. The van der Waals surface area contributed by atoms with Gasteiger partial charge in [-0.15, -0.1) is 0 Å². The molecule has 0 aliphatic carbocycles. The van der Waals surface area contributed by atoms with Crippen molar-refractivity contribution < 1.29 is 27.1 Å². The molecule has 0 fully saturated rings. The number of hydrogen-bond acceptors (Lipinski definition) is 3. The molecular formula is C12H13F4NO2. The fraction of sp³-hybridized carbons (Fsp3) is 0.417. The Hall–Kier alpha value is -1.79. The van der Waals surface area contributed by atoms with Crippen LogP contribution in [0.3, 0.4) is 0 Å². The predicted molar refractivity (Wildman–Crippen MR) is 61.1 cm³/mol. The summed E-state index contributed by atoms with van der Waals surface area (Å²) in [5, 5.41) is 1.87. The van der Waals surface area contributed by atoms with Crippen molar-refractivity contribution in [3.63, 3.8) is 0 Å². The summed E-state index contributed by atoms with van der Waals surface area (Å²) in [5.74, 6) is -2.40. The maximum Gasteiger partial charge on any atom is 0.422 e. The summed E-state index contributed by atoms with van der Waals surface area (Å²) in [5.41, 5.74) is -3.43. The van der Waals surface area contributed by atoms with E-state index in [0.29, 0.717) is 6.92 Å². The van der Waals surface area contributed by atoms with Crippen LogP contribution in [0.5, 0.6) is 0 Å². The van der Waals surface area contributed by atoms with Gasteiger partial charge in [0.1, 0.15) is 5.82 Å². The number of anilines is 1. The topological polar surface area (TPSA) is 38.3 Å². The van der Waals surface area contributed by atoms with Crippen LogP contribution in [0.1, 0.15) is 13.8 Å². The molecule has 0 heterocycles. The quantitative estimate of drug-likeness (QED) is 0.679. The summed E-state index contributed by atoms with van der Waals surface area (Å²) in [6.45, 7) is 1.79. The van der Waals surface area contributed by atoms with Crippen LogP contribution in [-0.4, -0.2) is 24.3 Å². The van der Waals surface area contributed by atoms with E-state index in [1.54, 1.807) is 0 Å². The van der Waals surface area contributed by atoms with Gasteiger partial charge in [-0.2, -0.15) is 13.2 Å². The Morgan fingerprint density at radius 3 is 2.37 bits per heavy atom. The van der Waals surface area contributed by atoms with E-state index in [4.69, 9.17) is 0 Å². The zero-order valence-electron chi connectivity index (χ0n) is 10.3. The molecule has 1 N–H and O–H groups in total. The highest BCUT2D eigenvalue weighted by atomic mass is 19.4. The molecule has 0 aromatic heterocycles. The minimum absolute atomic E-state index is 0.205. The molecule has 0 radical (unpaired) electrons. The van der Waals surface area contributed by atoms with Crippen molar-refractivity contribution >= 4 is 11.7 Å². The Morgan fingerprint density at radius 1 is 1.32 bits per heavy atom. The lowest BCUT2D eigenvalue weighted by molar-refractivity contribution is -0.196. The molecule has 19 heavy (non-hydrogen) atoms. The van der Waals surface area contributed by atoms with Gasteiger partial charge in [0.25, 0.3) is 0 Å². The number of ether oxygens (including phenoxy) is 1. The van der Waals surface area contributed by atoms with Gasteiger partial charge < -0.3 is 10.1 Å². The summed E-state index contributed by atoms with van der Waals surface area (Å²) >= 11 is 0. The second-order valence-corrected chi connectivity index (χ2v) is 3.95. The third-order valence-corrected chi connectivity index (χ3v) is 2.51. The summed E-state index contributed by atoms with van der Waals surface area (Å²) in [4.78, 5) is 11.5. The maximum absolute atomic E-state index is 13.4. The van der Waals surface area contributed by atoms with Crippen LogP contribution in [0, 0.1) is 5.82 Å². The molecule has 0 saturated carbocycles. The number of rotatable bonds is 4. The average molecular weight is 279 g/mol. The number of nitrogens with one attached hydrogen (secondary N) is 1. The highest BCUT2D eigenvalue weighted by Crippen LogP contribution is 2.35. The second kappa shape index (κ2) is 5.46. The molecule has 0 spiro atoms. The summed E-state index contributed by atoms with van der Waals surface area (Å²) < 4.78 is 56.8. The number of esters is 1. The van der Waals surface area contributed by atoms with Crippen LogP contribution >= 0.6 is 0 Å². The zero-order chi connectivity index (χ0) is 14.7. The van der Waals surface area contributed by atoms with E-state index < -0.39 is 29.2 Å². The van der Waals surface area contributed by atoms with Crippen molar-refractivity contribution in [3.8, 4) is 0 Å². The lowest BCUT2D eigenvalue weighted by atomic mass is 10.0. The van der Waals surface area contributed by atoms with Crippen molar-refractivity contribution in [3.05, 3.63) is 30.1 Å². The standard InChI is InChI=1S/C12H13F4NO2/c1-3-19-10(18)11(2,12(14,15)16)17-9-7-5-4-6-8(9)13/h4-7,17H,3H2,1-2H3. The molecular weight excluding hydrogens is 266 g/mol. The van der Waals surface area contributed by atoms with Crippen molar-refractivity contribution in [2.24, 2.45) is 0 Å². The number of carbonyl (C=O) groups is 1. The number of benzene rings is 1. The van der Waals surface area contributed by atoms with Crippen LogP contribution in [0.4, 0.5) is 23.2 Å². The summed E-state index contributed by atoms with van der Waals surface area (Å²) in [6, 6.07) is 4.78. The number of hydrogen-bond donors (Lipinski definition) is 1. The first-order valence-corrected chi connectivity index (χ1v) is 5.49. The van der Waals surface area contributed by atoms with Crippen LogP contribution < -0.4 is 5.32 Å². The molecule has 1 rings (SSSR count). The van der Waals surface area contributed by atoms with E-state index in [2.05, 4.69) is 4.74 Å². The molecule has 3 nitrogen and oxygen atoms in total. The number of alkyl halides is 3. The van der Waals surface area contributed by atoms with E-state index in [-0.39, 0.29) is 6.61 Å². The predicted octanol–water partition coefficient (Wildman–Crippen LogP) is 3.12. The molecule has 106 valence electrons. The lowest BCUT2D eigenvalue weighted by Gasteiger charge is -2.31. The molecule has 1 aromatic rings. The molecule has 0 aliphatic rings. The molecule has 0 amide bonds. The third kappa shape index (κ3) is 3.15. The van der Waals surface area contributed by atoms with Gasteiger partial charge in [0.15, 0.2) is 0 Å². The Labute approximate surface area is 107 Å². The second-order valence-electron chi connectivity index (χ2n) is 3.95. The van der Waals surface area contributed by atoms with Gasteiger partial charge in [0.05, 0.1) is 12.3 Å². The minimum Gasteiger partial charge on any atom is -0.464 e. The minimum atomic E-state index is -4.93. The Kier molecular flexibility index (Phi) is 4.39. The molecule has 0 bridgehead atoms. The van der Waals surface area contributed by atoms with Gasteiger partial charge in [0.2, 0.25) is 5.54 Å². The average Bonchev–Trinajstić information content (AvgIpc) is 2.30. The third-order valence-electron chi connectivity index (χ3n) is 2.51. The van der Waals surface area contributed by atoms with Crippen LogP contribution in [0.15, 0.2) is 24.3 Å². The summed E-state index contributed by atoms with van der Waals surface area (Å²) in [6.07, 6.45) is -4.93. The summed E-state index contributed by atoms with van der Waals surface area (Å²) in [7, 11) is 0. The highest BCUT2D eigenvalue weighted by molar-refractivity contribution is 5.85. The van der Waals surface area contributed by atoms with Crippen molar-refractivity contribution in [1.29, 1.82) is 0 Å². The van der Waals surface area contributed by atoms with Crippen LogP contribution in [-0.2, 0) is 9.53 Å². The van der Waals surface area contributed by atoms with Gasteiger partial charge >= 0.3 is 12.1 Å². The van der Waals surface area contributed by atoms with Crippen molar-refractivity contribution in [1.82, 2.24) is 0 Å². The lowest BCUT2D eigenvalue weighted by Crippen LogP contribution is -2.56. The molecule has 7 heteroatoms. The monoisotopic (exact) mass is 279 g/mol. The van der Waals surface area contributed by atoms with E-state index in [9.17, 15) is 22.4 Å². The Balaban J connectivity index is 3.13. The maximum atomic E-state index is 13.4. The molecule has 0 aliphatic heterocycles. The van der Waals surface area contributed by atoms with Gasteiger partial charge in [-0.05, 0) is 26.0 Å². The van der Waals surface area contributed by atoms with E-state index in [1.165, 1.54) is 19.1 Å². The Bertz CT molecular complexity index is 461. The number of para-hydroxylation sites is 1. The Morgan fingerprint density at radius 2 is 1.89 bits per heavy atom. The molecule has 1 unspecified atom stereocenters. The number of halogens is 4. The van der Waals surface area contributed by atoms with Gasteiger partial charge in [-0.25, -0.2) is 9.18 Å². The first kappa shape index (κ1) is 15.3. The van der Waals surface area contributed by atoms with Crippen LogP contribution in [0.25, 0.3) is 0 Å². The van der Waals surface area contributed by atoms with E-state index in [0.717, 1.165) is 12.1 Å². The van der Waals surface area contributed by atoms with Gasteiger partial charge in [-0.3, -0.25) is 0 Å². The molecule has 0 saturated heterocycles.